The number of hydrogen-bond donors (Lipinski definition) is 1. The molecule has 2 heterocycles. The Morgan fingerprint density at radius 3 is 3.14 bits per heavy atom. The average Bonchev–Trinajstić information content (AvgIpc) is 3.06. The van der Waals surface area contributed by atoms with Gasteiger partial charge in [0.2, 0.25) is 0 Å². The first-order chi connectivity index (χ1) is 10.2. The molecule has 0 spiro atoms. The molecule has 0 amide bonds. The summed E-state index contributed by atoms with van der Waals surface area (Å²) in [6, 6.07) is 4.09. The Hall–Kier alpha value is -2.41. The van der Waals surface area contributed by atoms with Crippen LogP contribution in [0.4, 0.5) is 4.39 Å². The number of oxime groups is 1. The molecule has 0 bridgehead atoms. The Morgan fingerprint density at radius 1 is 1.52 bits per heavy atom. The summed E-state index contributed by atoms with van der Waals surface area (Å²) in [5, 5.41) is 13.9. The van der Waals surface area contributed by atoms with E-state index in [1.807, 2.05) is 22.2 Å². The minimum atomic E-state index is -0.414. The normalized spacial score (nSPS) is 12.0. The van der Waals surface area contributed by atoms with Gasteiger partial charge in [0.25, 0.3) is 0 Å². The van der Waals surface area contributed by atoms with Crippen LogP contribution in [0.1, 0.15) is 18.2 Å². The first kappa shape index (κ1) is 13.6. The lowest BCUT2D eigenvalue weighted by Crippen LogP contribution is -2.03. The number of nitrogens with zero attached hydrogens (tertiary/aromatic N) is 3. The SMILES string of the molecule is C/C(=N/O)c1cc(F)ccc1OCc1cn2ccsc2n1. The van der Waals surface area contributed by atoms with Gasteiger partial charge in [0.1, 0.15) is 18.2 Å². The largest absolute Gasteiger partial charge is 0.487 e. The number of benzene rings is 1. The molecule has 21 heavy (non-hydrogen) atoms. The van der Waals surface area contributed by atoms with E-state index >= 15 is 0 Å². The maximum atomic E-state index is 13.3. The van der Waals surface area contributed by atoms with Crippen molar-refractivity contribution in [3.8, 4) is 5.75 Å². The van der Waals surface area contributed by atoms with E-state index in [2.05, 4.69) is 10.1 Å². The second-order valence-corrected chi connectivity index (χ2v) is 5.31. The summed E-state index contributed by atoms with van der Waals surface area (Å²) >= 11 is 1.54. The number of imidazole rings is 1. The second-order valence-electron chi connectivity index (χ2n) is 4.44. The van der Waals surface area contributed by atoms with Crippen LogP contribution in [0.25, 0.3) is 4.96 Å². The standard InChI is InChI=1S/C14H12FN3O2S/c1-9(17-19)12-6-10(15)2-3-13(12)20-8-11-7-18-4-5-21-14(18)16-11/h2-7,19H,8H2,1H3/b17-9-. The lowest BCUT2D eigenvalue weighted by Gasteiger charge is -2.09. The number of halogens is 1. The topological polar surface area (TPSA) is 59.1 Å². The molecule has 0 saturated carbocycles. The molecular formula is C14H12FN3O2S. The first-order valence-corrected chi connectivity index (χ1v) is 7.08. The van der Waals surface area contributed by atoms with E-state index in [0.717, 1.165) is 10.7 Å². The lowest BCUT2D eigenvalue weighted by molar-refractivity contribution is 0.299. The molecule has 0 aliphatic rings. The minimum absolute atomic E-state index is 0.256. The quantitative estimate of drug-likeness (QED) is 0.457. The third kappa shape index (κ3) is 2.73. The highest BCUT2D eigenvalue weighted by Crippen LogP contribution is 2.22. The summed E-state index contributed by atoms with van der Waals surface area (Å²) in [7, 11) is 0. The fourth-order valence-electron chi connectivity index (χ4n) is 1.96. The average molecular weight is 305 g/mol. The smallest absolute Gasteiger partial charge is 0.193 e. The minimum Gasteiger partial charge on any atom is -0.487 e. The molecular weight excluding hydrogens is 293 g/mol. The number of hydrogen-bond acceptors (Lipinski definition) is 5. The van der Waals surface area contributed by atoms with Crippen molar-refractivity contribution in [2.75, 3.05) is 0 Å². The first-order valence-electron chi connectivity index (χ1n) is 6.20. The van der Waals surface area contributed by atoms with Crippen molar-refractivity contribution in [2.24, 2.45) is 5.16 Å². The van der Waals surface area contributed by atoms with E-state index in [4.69, 9.17) is 9.94 Å². The number of aromatic nitrogens is 2. The highest BCUT2D eigenvalue weighted by molar-refractivity contribution is 7.15. The van der Waals surface area contributed by atoms with Crippen LogP contribution >= 0.6 is 11.3 Å². The Balaban J connectivity index is 1.82. The lowest BCUT2D eigenvalue weighted by atomic mass is 10.1. The van der Waals surface area contributed by atoms with E-state index < -0.39 is 5.82 Å². The molecule has 2 aromatic heterocycles. The van der Waals surface area contributed by atoms with E-state index in [9.17, 15) is 4.39 Å². The molecule has 1 N–H and O–H groups in total. The van der Waals surface area contributed by atoms with Gasteiger partial charge < -0.3 is 9.94 Å². The molecule has 0 radical (unpaired) electrons. The molecule has 5 nitrogen and oxygen atoms in total. The fraction of sp³-hybridized carbons (Fsp3) is 0.143. The Morgan fingerprint density at radius 2 is 2.38 bits per heavy atom. The van der Waals surface area contributed by atoms with Crippen molar-refractivity contribution in [3.63, 3.8) is 0 Å². The zero-order chi connectivity index (χ0) is 14.8. The summed E-state index contributed by atoms with van der Waals surface area (Å²) in [5.41, 5.74) is 1.48. The van der Waals surface area contributed by atoms with Gasteiger partial charge in [0, 0.05) is 23.3 Å². The molecule has 3 aromatic rings. The Kier molecular flexibility index (Phi) is 3.57. The van der Waals surface area contributed by atoms with Gasteiger partial charge in [-0.05, 0) is 25.1 Å². The van der Waals surface area contributed by atoms with Gasteiger partial charge in [0.15, 0.2) is 4.96 Å². The zero-order valence-corrected chi connectivity index (χ0v) is 12.0. The molecule has 3 rings (SSSR count). The molecule has 0 saturated heterocycles. The highest BCUT2D eigenvalue weighted by atomic mass is 32.1. The summed E-state index contributed by atoms with van der Waals surface area (Å²) in [6.07, 6.45) is 3.80. The van der Waals surface area contributed by atoms with Gasteiger partial charge in [0.05, 0.1) is 11.4 Å². The second kappa shape index (κ2) is 5.53. The van der Waals surface area contributed by atoms with Crippen LogP contribution in [0.5, 0.6) is 5.75 Å². The van der Waals surface area contributed by atoms with E-state index in [0.29, 0.717) is 11.3 Å². The fourth-order valence-corrected chi connectivity index (χ4v) is 2.68. The van der Waals surface area contributed by atoms with Crippen molar-refractivity contribution >= 4 is 22.0 Å². The molecule has 0 aliphatic heterocycles. The van der Waals surface area contributed by atoms with E-state index in [1.165, 1.54) is 29.5 Å². The summed E-state index contributed by atoms with van der Waals surface area (Å²) in [6.45, 7) is 1.83. The molecule has 0 atom stereocenters. The van der Waals surface area contributed by atoms with Crippen molar-refractivity contribution < 1.29 is 14.3 Å². The maximum absolute atomic E-state index is 13.3. The molecule has 108 valence electrons. The van der Waals surface area contributed by atoms with Crippen molar-refractivity contribution in [3.05, 3.63) is 53.0 Å². The molecule has 0 aliphatic carbocycles. The van der Waals surface area contributed by atoms with Gasteiger partial charge in [-0.2, -0.15) is 0 Å². The number of ether oxygens (including phenoxy) is 1. The number of thiazole rings is 1. The van der Waals surface area contributed by atoms with Gasteiger partial charge in [-0.3, -0.25) is 4.40 Å². The summed E-state index contributed by atoms with van der Waals surface area (Å²) in [4.78, 5) is 5.29. The highest BCUT2D eigenvalue weighted by Gasteiger charge is 2.10. The maximum Gasteiger partial charge on any atom is 0.193 e. The van der Waals surface area contributed by atoms with Crippen LogP contribution in [-0.4, -0.2) is 20.3 Å². The van der Waals surface area contributed by atoms with Crippen LogP contribution in [0.15, 0.2) is 41.1 Å². The summed E-state index contributed by atoms with van der Waals surface area (Å²) in [5.74, 6) is 0.0332. The van der Waals surface area contributed by atoms with Gasteiger partial charge in [-0.1, -0.05) is 5.16 Å². The molecule has 1 aromatic carbocycles. The summed E-state index contributed by atoms with van der Waals surface area (Å²) < 4.78 is 20.9. The van der Waals surface area contributed by atoms with Gasteiger partial charge in [-0.15, -0.1) is 11.3 Å². The monoisotopic (exact) mass is 305 g/mol. The predicted molar refractivity (Wildman–Crippen MR) is 77.8 cm³/mol. The third-order valence-electron chi connectivity index (χ3n) is 3.00. The Bertz CT molecular complexity index is 781. The zero-order valence-electron chi connectivity index (χ0n) is 11.2. The van der Waals surface area contributed by atoms with Crippen LogP contribution in [0, 0.1) is 5.82 Å². The van der Waals surface area contributed by atoms with Crippen LogP contribution in [-0.2, 0) is 6.61 Å². The van der Waals surface area contributed by atoms with Crippen molar-refractivity contribution in [2.45, 2.75) is 13.5 Å². The van der Waals surface area contributed by atoms with Crippen molar-refractivity contribution in [1.82, 2.24) is 9.38 Å². The Labute approximate surface area is 123 Å². The number of rotatable bonds is 4. The van der Waals surface area contributed by atoms with E-state index in [1.54, 1.807) is 6.92 Å². The van der Waals surface area contributed by atoms with Gasteiger partial charge in [-0.25, -0.2) is 9.37 Å². The molecule has 0 unspecified atom stereocenters. The third-order valence-corrected chi connectivity index (χ3v) is 3.77. The van der Waals surface area contributed by atoms with Crippen molar-refractivity contribution in [1.29, 1.82) is 0 Å². The predicted octanol–water partition coefficient (Wildman–Crippen LogP) is 3.31. The van der Waals surface area contributed by atoms with Crippen LogP contribution in [0.2, 0.25) is 0 Å². The van der Waals surface area contributed by atoms with E-state index in [-0.39, 0.29) is 12.3 Å². The van der Waals surface area contributed by atoms with Crippen LogP contribution in [0.3, 0.4) is 0 Å². The molecule has 7 heteroatoms. The molecule has 0 fully saturated rings. The number of fused-ring (bicyclic) bond motifs is 1. The van der Waals surface area contributed by atoms with Gasteiger partial charge >= 0.3 is 0 Å². The van der Waals surface area contributed by atoms with Crippen LogP contribution < -0.4 is 4.74 Å².